The first kappa shape index (κ1) is 21.4. The van der Waals surface area contributed by atoms with Crippen molar-refractivity contribution >= 4 is 21.9 Å². The normalized spacial score (nSPS) is 12.2. The van der Waals surface area contributed by atoms with Crippen molar-refractivity contribution < 1.29 is 4.42 Å². The first-order valence-electron chi connectivity index (χ1n) is 11.7. The second-order valence-corrected chi connectivity index (χ2v) is 10.3. The van der Waals surface area contributed by atoms with Crippen LogP contribution in [0.15, 0.2) is 77.7 Å². The van der Waals surface area contributed by atoms with E-state index < -0.39 is 0 Å². The van der Waals surface area contributed by atoms with Crippen molar-refractivity contribution in [2.45, 2.75) is 46.5 Å². The molecule has 3 nitrogen and oxygen atoms in total. The highest BCUT2D eigenvalue weighted by Crippen LogP contribution is 2.37. The summed E-state index contributed by atoms with van der Waals surface area (Å²) in [7, 11) is 0. The van der Waals surface area contributed by atoms with Crippen LogP contribution in [0.4, 0.5) is 0 Å². The van der Waals surface area contributed by atoms with Crippen molar-refractivity contribution in [3.8, 4) is 22.4 Å². The number of nitrogens with zero attached hydrogens (tertiary/aromatic N) is 2. The van der Waals surface area contributed by atoms with Crippen molar-refractivity contribution in [2.24, 2.45) is 5.92 Å². The number of furan rings is 1. The Balaban J connectivity index is 1.68. The van der Waals surface area contributed by atoms with Gasteiger partial charge in [0.2, 0.25) is 5.71 Å². The Kier molecular flexibility index (Phi) is 5.28. The summed E-state index contributed by atoms with van der Waals surface area (Å²) in [6.45, 7) is 11.3. The Morgan fingerprint density at radius 1 is 0.879 bits per heavy atom. The predicted molar refractivity (Wildman–Crippen MR) is 137 cm³/mol. The summed E-state index contributed by atoms with van der Waals surface area (Å²) in [6, 6.07) is 19.5. The van der Waals surface area contributed by atoms with Crippen LogP contribution in [-0.2, 0) is 11.8 Å². The zero-order chi connectivity index (χ0) is 23.2. The van der Waals surface area contributed by atoms with Gasteiger partial charge in [0.05, 0.1) is 17.3 Å². The standard InChI is InChI=1S/C30H30N2O/c1-19(2)14-23-18-33-29-28(23)25(11-13-32-29)21-10-12-31-27(17-21)22-15-20-8-6-7-9-24(20)26(16-22)30(3,4)5/h6-13,15-19H,14H2,1-5H3. The van der Waals surface area contributed by atoms with Crippen molar-refractivity contribution in [1.29, 1.82) is 0 Å². The number of aromatic nitrogens is 2. The summed E-state index contributed by atoms with van der Waals surface area (Å²) in [6.07, 6.45) is 6.56. The van der Waals surface area contributed by atoms with E-state index in [1.807, 2.05) is 18.7 Å². The molecule has 0 fully saturated rings. The van der Waals surface area contributed by atoms with Gasteiger partial charge in [-0.1, -0.05) is 58.9 Å². The van der Waals surface area contributed by atoms with E-state index in [9.17, 15) is 0 Å². The average molecular weight is 435 g/mol. The molecule has 0 aliphatic heterocycles. The van der Waals surface area contributed by atoms with Gasteiger partial charge in [0.1, 0.15) is 0 Å². The van der Waals surface area contributed by atoms with Crippen LogP contribution in [0.5, 0.6) is 0 Å². The zero-order valence-corrected chi connectivity index (χ0v) is 20.0. The molecule has 0 saturated carbocycles. The maximum absolute atomic E-state index is 5.80. The van der Waals surface area contributed by atoms with E-state index >= 15 is 0 Å². The van der Waals surface area contributed by atoms with Gasteiger partial charge >= 0.3 is 0 Å². The molecule has 0 radical (unpaired) electrons. The van der Waals surface area contributed by atoms with Crippen LogP contribution in [0.25, 0.3) is 44.3 Å². The highest BCUT2D eigenvalue weighted by atomic mass is 16.3. The summed E-state index contributed by atoms with van der Waals surface area (Å²) >= 11 is 0. The molecule has 5 rings (SSSR count). The Morgan fingerprint density at radius 2 is 1.67 bits per heavy atom. The third kappa shape index (κ3) is 4.04. The van der Waals surface area contributed by atoms with Crippen LogP contribution in [0.3, 0.4) is 0 Å². The Labute approximate surface area is 195 Å². The molecular formula is C30H30N2O. The summed E-state index contributed by atoms with van der Waals surface area (Å²) in [5.41, 5.74) is 7.66. The zero-order valence-electron chi connectivity index (χ0n) is 20.0. The molecule has 0 spiro atoms. The van der Waals surface area contributed by atoms with Crippen LogP contribution in [0.1, 0.15) is 45.7 Å². The van der Waals surface area contributed by atoms with Crippen LogP contribution in [0, 0.1) is 5.92 Å². The number of benzene rings is 2. The lowest BCUT2D eigenvalue weighted by atomic mass is 9.82. The molecule has 3 aromatic heterocycles. The van der Waals surface area contributed by atoms with E-state index in [0.717, 1.165) is 34.2 Å². The molecule has 0 N–H and O–H groups in total. The molecule has 0 saturated heterocycles. The van der Waals surface area contributed by atoms with Crippen molar-refractivity contribution in [3.05, 3.63) is 84.4 Å². The molecule has 0 bridgehead atoms. The van der Waals surface area contributed by atoms with Crippen LogP contribution in [0.2, 0.25) is 0 Å². The minimum absolute atomic E-state index is 0.0347. The topological polar surface area (TPSA) is 38.9 Å². The van der Waals surface area contributed by atoms with E-state index in [4.69, 9.17) is 9.40 Å². The van der Waals surface area contributed by atoms with Gasteiger partial charge in [-0.25, -0.2) is 4.98 Å². The maximum Gasteiger partial charge on any atom is 0.226 e. The molecule has 2 aromatic carbocycles. The highest BCUT2D eigenvalue weighted by molar-refractivity contribution is 5.96. The lowest BCUT2D eigenvalue weighted by molar-refractivity contribution is 0.585. The Hall–Kier alpha value is -3.46. The van der Waals surface area contributed by atoms with Crippen LogP contribution < -0.4 is 0 Å². The fourth-order valence-electron chi connectivity index (χ4n) is 4.69. The molecule has 0 aliphatic carbocycles. The maximum atomic E-state index is 5.80. The van der Waals surface area contributed by atoms with Crippen molar-refractivity contribution in [1.82, 2.24) is 9.97 Å². The molecule has 0 aliphatic rings. The minimum Gasteiger partial charge on any atom is -0.446 e. The van der Waals surface area contributed by atoms with E-state index in [1.54, 1.807) is 0 Å². The first-order valence-corrected chi connectivity index (χ1v) is 11.7. The monoisotopic (exact) mass is 434 g/mol. The second kappa shape index (κ2) is 8.15. The van der Waals surface area contributed by atoms with Gasteiger partial charge in [-0.05, 0) is 75.5 Å². The molecule has 3 heteroatoms. The Bertz CT molecular complexity index is 1450. The third-order valence-electron chi connectivity index (χ3n) is 6.21. The fraction of sp³-hybridized carbons (Fsp3) is 0.267. The van der Waals surface area contributed by atoms with Crippen molar-refractivity contribution in [3.63, 3.8) is 0 Å². The summed E-state index contributed by atoms with van der Waals surface area (Å²) < 4.78 is 5.80. The second-order valence-electron chi connectivity index (χ2n) is 10.3. The fourth-order valence-corrected chi connectivity index (χ4v) is 4.69. The minimum atomic E-state index is 0.0347. The van der Waals surface area contributed by atoms with Crippen LogP contribution >= 0.6 is 0 Å². The SMILES string of the molecule is CC(C)Cc1coc2nccc(-c3ccnc(-c4cc(C(C)(C)C)c5ccccc5c4)c3)c12. The largest absolute Gasteiger partial charge is 0.446 e. The molecule has 5 aromatic rings. The number of rotatable bonds is 4. The quantitative estimate of drug-likeness (QED) is 0.286. The van der Waals surface area contributed by atoms with E-state index in [-0.39, 0.29) is 5.41 Å². The van der Waals surface area contributed by atoms with E-state index in [2.05, 4.69) is 94.2 Å². The summed E-state index contributed by atoms with van der Waals surface area (Å²) in [4.78, 5) is 9.23. The molecule has 0 amide bonds. The van der Waals surface area contributed by atoms with Gasteiger partial charge in [0.25, 0.3) is 0 Å². The van der Waals surface area contributed by atoms with Gasteiger partial charge in [-0.2, -0.15) is 0 Å². The molecule has 33 heavy (non-hydrogen) atoms. The first-order chi connectivity index (χ1) is 15.8. The molecule has 0 atom stereocenters. The van der Waals surface area contributed by atoms with Gasteiger partial charge in [0, 0.05) is 23.5 Å². The van der Waals surface area contributed by atoms with Gasteiger partial charge in [-0.3, -0.25) is 4.98 Å². The number of pyridine rings is 2. The predicted octanol–water partition coefficient (Wildman–Crippen LogP) is 8.21. The Morgan fingerprint density at radius 3 is 2.45 bits per heavy atom. The van der Waals surface area contributed by atoms with Crippen molar-refractivity contribution in [2.75, 3.05) is 0 Å². The molecule has 0 unspecified atom stereocenters. The van der Waals surface area contributed by atoms with E-state index in [0.29, 0.717) is 11.6 Å². The van der Waals surface area contributed by atoms with Gasteiger partial charge < -0.3 is 4.42 Å². The average Bonchev–Trinajstić information content (AvgIpc) is 3.20. The summed E-state index contributed by atoms with van der Waals surface area (Å²) in [5.74, 6) is 0.542. The summed E-state index contributed by atoms with van der Waals surface area (Å²) in [5, 5.41) is 3.65. The highest BCUT2D eigenvalue weighted by Gasteiger charge is 2.19. The number of hydrogen-bond acceptors (Lipinski definition) is 3. The number of hydrogen-bond donors (Lipinski definition) is 0. The number of fused-ring (bicyclic) bond motifs is 2. The van der Waals surface area contributed by atoms with Gasteiger partial charge in [-0.15, -0.1) is 0 Å². The molecule has 3 heterocycles. The van der Waals surface area contributed by atoms with Crippen LogP contribution in [-0.4, -0.2) is 9.97 Å². The van der Waals surface area contributed by atoms with Gasteiger partial charge in [0.15, 0.2) is 0 Å². The lowest BCUT2D eigenvalue weighted by Crippen LogP contribution is -2.12. The lowest BCUT2D eigenvalue weighted by Gasteiger charge is -2.22. The van der Waals surface area contributed by atoms with E-state index in [1.165, 1.54) is 21.9 Å². The molecular weight excluding hydrogens is 404 g/mol. The third-order valence-corrected chi connectivity index (χ3v) is 6.21. The smallest absolute Gasteiger partial charge is 0.226 e. The molecule has 166 valence electrons.